The van der Waals surface area contributed by atoms with Crippen molar-refractivity contribution < 1.29 is 9.53 Å². The zero-order chi connectivity index (χ0) is 17.1. The number of para-hydroxylation sites is 1. The van der Waals surface area contributed by atoms with Crippen molar-refractivity contribution in [2.24, 2.45) is 0 Å². The van der Waals surface area contributed by atoms with Crippen LogP contribution in [0.4, 0.5) is 0 Å². The highest BCUT2D eigenvalue weighted by atomic mass is 32.2. The number of carbonyl (C=O) groups excluding carboxylic acids is 1. The van der Waals surface area contributed by atoms with Gasteiger partial charge in [-0.1, -0.05) is 23.9 Å². The summed E-state index contributed by atoms with van der Waals surface area (Å²) in [5.41, 5.74) is 0.570. The zero-order valence-corrected chi connectivity index (χ0v) is 14.6. The SMILES string of the molecule is CNC(=O)C(C)Sc1nc2ccccc2c(=O)n1CC1CCCO1. The van der Waals surface area contributed by atoms with Gasteiger partial charge in [-0.3, -0.25) is 14.2 Å². The van der Waals surface area contributed by atoms with Crippen LogP contribution < -0.4 is 10.9 Å². The van der Waals surface area contributed by atoms with Gasteiger partial charge in [-0.2, -0.15) is 0 Å². The molecule has 2 unspecified atom stereocenters. The molecule has 1 N–H and O–H groups in total. The van der Waals surface area contributed by atoms with Crippen LogP contribution in [-0.2, 0) is 16.1 Å². The van der Waals surface area contributed by atoms with Crippen LogP contribution in [0.25, 0.3) is 10.9 Å². The first-order chi connectivity index (χ1) is 11.6. The maximum absolute atomic E-state index is 12.9. The number of hydrogen-bond donors (Lipinski definition) is 1. The summed E-state index contributed by atoms with van der Waals surface area (Å²) in [7, 11) is 1.60. The number of ether oxygens (including phenoxy) is 1. The third-order valence-corrected chi connectivity index (χ3v) is 5.22. The summed E-state index contributed by atoms with van der Waals surface area (Å²) in [6.45, 7) is 3.01. The second-order valence-corrected chi connectivity index (χ2v) is 7.14. The summed E-state index contributed by atoms with van der Waals surface area (Å²) in [4.78, 5) is 29.4. The lowest BCUT2D eigenvalue weighted by Gasteiger charge is -2.18. The van der Waals surface area contributed by atoms with Gasteiger partial charge in [0.05, 0.1) is 28.8 Å². The molecule has 0 saturated carbocycles. The average Bonchev–Trinajstić information content (AvgIpc) is 3.10. The minimum atomic E-state index is -0.334. The number of thioether (sulfide) groups is 1. The Kier molecular flexibility index (Phi) is 5.20. The van der Waals surface area contributed by atoms with E-state index >= 15 is 0 Å². The van der Waals surface area contributed by atoms with E-state index in [1.54, 1.807) is 24.6 Å². The van der Waals surface area contributed by atoms with Crippen molar-refractivity contribution >= 4 is 28.6 Å². The molecule has 7 heteroatoms. The van der Waals surface area contributed by atoms with E-state index < -0.39 is 0 Å². The number of amides is 1. The molecule has 1 fully saturated rings. The minimum Gasteiger partial charge on any atom is -0.376 e. The molecule has 1 amide bonds. The van der Waals surface area contributed by atoms with Crippen LogP contribution in [-0.4, -0.2) is 40.5 Å². The van der Waals surface area contributed by atoms with Gasteiger partial charge in [-0.05, 0) is 31.9 Å². The van der Waals surface area contributed by atoms with E-state index in [2.05, 4.69) is 10.3 Å². The van der Waals surface area contributed by atoms with Gasteiger partial charge in [0.2, 0.25) is 5.91 Å². The fourth-order valence-electron chi connectivity index (χ4n) is 2.81. The first-order valence-corrected chi connectivity index (χ1v) is 8.97. The van der Waals surface area contributed by atoms with Gasteiger partial charge in [-0.15, -0.1) is 0 Å². The highest BCUT2D eigenvalue weighted by Crippen LogP contribution is 2.24. The fraction of sp³-hybridized carbons (Fsp3) is 0.471. The van der Waals surface area contributed by atoms with E-state index in [-0.39, 0.29) is 22.8 Å². The largest absolute Gasteiger partial charge is 0.376 e. The van der Waals surface area contributed by atoms with Crippen molar-refractivity contribution in [3.05, 3.63) is 34.6 Å². The predicted octanol–water partition coefficient (Wildman–Crippen LogP) is 1.80. The molecule has 0 aliphatic carbocycles. The van der Waals surface area contributed by atoms with Crippen LogP contribution in [0, 0.1) is 0 Å². The van der Waals surface area contributed by atoms with Crippen molar-refractivity contribution in [2.75, 3.05) is 13.7 Å². The van der Waals surface area contributed by atoms with E-state index in [1.807, 2.05) is 18.2 Å². The number of benzene rings is 1. The van der Waals surface area contributed by atoms with Gasteiger partial charge in [0.15, 0.2) is 5.16 Å². The van der Waals surface area contributed by atoms with Crippen LogP contribution >= 0.6 is 11.8 Å². The number of fused-ring (bicyclic) bond motifs is 1. The molecular formula is C17H21N3O3S. The van der Waals surface area contributed by atoms with Crippen molar-refractivity contribution in [3.8, 4) is 0 Å². The number of hydrogen-bond acceptors (Lipinski definition) is 5. The Balaban J connectivity index is 2.03. The molecule has 1 aliphatic heterocycles. The molecule has 1 aromatic carbocycles. The summed E-state index contributed by atoms with van der Waals surface area (Å²) in [5.74, 6) is -0.0916. The standard InChI is InChI=1S/C17H21N3O3S/c1-11(15(21)18-2)24-17-19-14-8-4-3-7-13(14)16(22)20(17)10-12-6-5-9-23-12/h3-4,7-8,11-12H,5-6,9-10H2,1-2H3,(H,18,21). The lowest BCUT2D eigenvalue weighted by atomic mass is 10.2. The topological polar surface area (TPSA) is 73.2 Å². The van der Waals surface area contributed by atoms with Crippen LogP contribution in [0.1, 0.15) is 19.8 Å². The van der Waals surface area contributed by atoms with E-state index in [4.69, 9.17) is 4.74 Å². The van der Waals surface area contributed by atoms with Gasteiger partial charge in [0.1, 0.15) is 0 Å². The summed E-state index contributed by atoms with van der Waals surface area (Å²) in [5, 5.41) is 3.45. The predicted molar refractivity (Wildman–Crippen MR) is 94.4 cm³/mol. The van der Waals surface area contributed by atoms with Gasteiger partial charge in [0, 0.05) is 13.7 Å². The molecule has 2 aromatic rings. The van der Waals surface area contributed by atoms with Gasteiger partial charge < -0.3 is 10.1 Å². The molecule has 3 rings (SSSR count). The Morgan fingerprint density at radius 2 is 2.29 bits per heavy atom. The smallest absolute Gasteiger partial charge is 0.262 e. The molecule has 1 aliphatic rings. The molecular weight excluding hydrogens is 326 g/mol. The first-order valence-electron chi connectivity index (χ1n) is 8.09. The molecule has 0 bridgehead atoms. The molecule has 2 heterocycles. The Morgan fingerprint density at radius 1 is 1.50 bits per heavy atom. The molecule has 1 saturated heterocycles. The molecule has 6 nitrogen and oxygen atoms in total. The van der Waals surface area contributed by atoms with E-state index in [0.29, 0.717) is 22.6 Å². The lowest BCUT2D eigenvalue weighted by molar-refractivity contribution is -0.119. The summed E-state index contributed by atoms with van der Waals surface area (Å²) >= 11 is 1.30. The summed E-state index contributed by atoms with van der Waals surface area (Å²) in [6.07, 6.45) is 1.98. The molecule has 0 radical (unpaired) electrons. The van der Waals surface area contributed by atoms with Crippen LogP contribution in [0.2, 0.25) is 0 Å². The second-order valence-electron chi connectivity index (χ2n) is 5.84. The quantitative estimate of drug-likeness (QED) is 0.659. The maximum Gasteiger partial charge on any atom is 0.262 e. The van der Waals surface area contributed by atoms with Gasteiger partial charge in [0.25, 0.3) is 5.56 Å². The Bertz CT molecular complexity index is 799. The third kappa shape index (κ3) is 3.47. The number of aromatic nitrogens is 2. The highest BCUT2D eigenvalue weighted by Gasteiger charge is 2.22. The van der Waals surface area contributed by atoms with E-state index in [9.17, 15) is 9.59 Å². The number of rotatable bonds is 5. The number of nitrogens with one attached hydrogen (secondary N) is 1. The normalized spacial score (nSPS) is 18.7. The van der Waals surface area contributed by atoms with Crippen LogP contribution in [0.3, 0.4) is 0 Å². The maximum atomic E-state index is 12.9. The Morgan fingerprint density at radius 3 is 3.00 bits per heavy atom. The van der Waals surface area contributed by atoms with E-state index in [1.165, 1.54) is 11.8 Å². The van der Waals surface area contributed by atoms with Crippen LogP contribution in [0.5, 0.6) is 0 Å². The van der Waals surface area contributed by atoms with Crippen LogP contribution in [0.15, 0.2) is 34.2 Å². The number of carbonyl (C=O) groups is 1. The Labute approximate surface area is 144 Å². The highest BCUT2D eigenvalue weighted by molar-refractivity contribution is 8.00. The van der Waals surface area contributed by atoms with Gasteiger partial charge >= 0.3 is 0 Å². The summed E-state index contributed by atoms with van der Waals surface area (Å²) < 4.78 is 7.33. The number of nitrogens with zero attached hydrogens (tertiary/aromatic N) is 2. The van der Waals surface area contributed by atoms with Crippen molar-refractivity contribution in [1.29, 1.82) is 0 Å². The molecule has 2 atom stereocenters. The van der Waals surface area contributed by atoms with Crippen molar-refractivity contribution in [3.63, 3.8) is 0 Å². The molecule has 128 valence electrons. The first kappa shape index (κ1) is 17.0. The second kappa shape index (κ2) is 7.36. The summed E-state index contributed by atoms with van der Waals surface area (Å²) in [6, 6.07) is 7.30. The molecule has 0 spiro atoms. The monoisotopic (exact) mass is 347 g/mol. The molecule has 24 heavy (non-hydrogen) atoms. The molecule has 1 aromatic heterocycles. The van der Waals surface area contributed by atoms with E-state index in [0.717, 1.165) is 19.4 Å². The zero-order valence-electron chi connectivity index (χ0n) is 13.8. The average molecular weight is 347 g/mol. The fourth-order valence-corrected chi connectivity index (χ4v) is 3.78. The minimum absolute atomic E-state index is 0.0281. The van der Waals surface area contributed by atoms with Gasteiger partial charge in [-0.25, -0.2) is 4.98 Å². The lowest BCUT2D eigenvalue weighted by Crippen LogP contribution is -2.31. The van der Waals surface area contributed by atoms with Crippen molar-refractivity contribution in [1.82, 2.24) is 14.9 Å². The van der Waals surface area contributed by atoms with Crippen molar-refractivity contribution in [2.45, 2.75) is 42.8 Å². The third-order valence-electron chi connectivity index (χ3n) is 4.13. The Hall–Kier alpha value is -1.86.